The number of hydrogen-bond donors (Lipinski definition) is 2. The third kappa shape index (κ3) is 3.91. The highest BCUT2D eigenvalue weighted by Gasteiger charge is 2.24. The summed E-state index contributed by atoms with van der Waals surface area (Å²) in [6, 6.07) is 2.67. The minimum Gasteiger partial charge on any atom is -0.507 e. The van der Waals surface area contributed by atoms with Crippen molar-refractivity contribution in [2.24, 2.45) is 12.9 Å². The molecule has 29 heavy (non-hydrogen) atoms. The van der Waals surface area contributed by atoms with E-state index in [1.165, 1.54) is 24.7 Å². The van der Waals surface area contributed by atoms with E-state index in [-0.39, 0.29) is 28.1 Å². The molecule has 0 amide bonds. The van der Waals surface area contributed by atoms with Crippen molar-refractivity contribution in [2.45, 2.75) is 19.9 Å². The van der Waals surface area contributed by atoms with E-state index in [1.54, 1.807) is 0 Å². The highest BCUT2D eigenvalue weighted by atomic mass is 19.1. The summed E-state index contributed by atoms with van der Waals surface area (Å²) in [5.41, 5.74) is 0.630. The molecule has 1 fully saturated rings. The largest absolute Gasteiger partial charge is 0.507 e. The highest BCUT2D eigenvalue weighted by molar-refractivity contribution is 5.74. The number of benzene rings is 1. The number of nitrogens with zero attached hydrogens (tertiary/aromatic N) is 6. The third-order valence-electron chi connectivity index (χ3n) is 5.10. The molecule has 0 bridgehead atoms. The molecule has 0 unspecified atom stereocenters. The molecule has 9 heteroatoms. The van der Waals surface area contributed by atoms with Crippen LogP contribution in [0.5, 0.6) is 5.75 Å². The van der Waals surface area contributed by atoms with Crippen LogP contribution in [-0.4, -0.2) is 55.7 Å². The second-order valence-electron chi connectivity index (χ2n) is 7.42. The van der Waals surface area contributed by atoms with Gasteiger partial charge in [0.05, 0.1) is 12.4 Å². The number of rotatable bonds is 4. The average Bonchev–Trinajstić information content (AvgIpc) is 3.26. The number of piperazine rings is 1. The Kier molecular flexibility index (Phi) is 4.22. The fourth-order valence-corrected chi connectivity index (χ4v) is 3.39. The minimum absolute atomic E-state index is 0.0276. The van der Waals surface area contributed by atoms with Crippen molar-refractivity contribution >= 4 is 5.95 Å². The quantitative estimate of drug-likeness (QED) is 0.694. The number of phenols is 1. The molecule has 1 aliphatic heterocycles. The molecule has 3 heterocycles. The maximum Gasteiger partial charge on any atom is 0.245 e. The van der Waals surface area contributed by atoms with Gasteiger partial charge >= 0.3 is 0 Å². The van der Waals surface area contributed by atoms with Gasteiger partial charge in [0.1, 0.15) is 17.3 Å². The van der Waals surface area contributed by atoms with Crippen LogP contribution >= 0.6 is 0 Å². The van der Waals surface area contributed by atoms with Gasteiger partial charge in [0.15, 0.2) is 0 Å². The van der Waals surface area contributed by atoms with Gasteiger partial charge in [-0.15, -0.1) is 10.2 Å². The zero-order valence-corrected chi connectivity index (χ0v) is 16.2. The molecule has 1 aliphatic rings. The molecular weight excluding hydrogens is 373 g/mol. The van der Waals surface area contributed by atoms with Crippen LogP contribution < -0.4 is 10.2 Å². The molecule has 8 nitrogen and oxygen atoms in total. The van der Waals surface area contributed by atoms with Crippen LogP contribution in [0.3, 0.4) is 0 Å². The second kappa shape index (κ2) is 7.75. The Labute approximate surface area is 172 Å². The summed E-state index contributed by atoms with van der Waals surface area (Å²) in [5.74, 6) is 0.0643. The lowest BCUT2D eigenvalue weighted by molar-refractivity contribution is 0.365. The van der Waals surface area contributed by atoms with Crippen LogP contribution in [-0.2, 0) is 6.98 Å². The van der Waals surface area contributed by atoms with Crippen LogP contribution in [0.15, 0.2) is 30.7 Å². The number of aromatic hydroxyl groups is 1. The van der Waals surface area contributed by atoms with Crippen molar-refractivity contribution < 1.29 is 13.6 Å². The van der Waals surface area contributed by atoms with Crippen LogP contribution in [0, 0.1) is 11.7 Å². The first-order chi connectivity index (χ1) is 15.1. The first-order valence-electron chi connectivity index (χ1n) is 10.9. The maximum absolute atomic E-state index is 14.8. The van der Waals surface area contributed by atoms with Crippen LogP contribution in [0.25, 0.3) is 22.4 Å². The molecule has 0 spiro atoms. The summed E-state index contributed by atoms with van der Waals surface area (Å²) in [6.07, 6.45) is 3.89. The number of nitrogens with one attached hydrogen (secondary N) is 1. The number of aryl methyl sites for hydroxylation is 1. The molecule has 0 aliphatic carbocycles. The Morgan fingerprint density at radius 3 is 2.83 bits per heavy atom. The van der Waals surface area contributed by atoms with Gasteiger partial charge in [-0.3, -0.25) is 4.68 Å². The number of phenolic OH excluding ortho intramolecular Hbond substituents is 1. The molecule has 0 saturated carbocycles. The van der Waals surface area contributed by atoms with Crippen LogP contribution in [0.4, 0.5) is 10.3 Å². The zero-order chi connectivity index (χ0) is 23.0. The SMILES string of the molecule is [2H]C([2H])([2H])n1cc(-c2cc(O)c(-c3cnc(N4CCN[C@@H](C(C)C)C4)nn3)cc2F)cn1. The number of aromatic nitrogens is 5. The molecule has 1 aromatic carbocycles. The van der Waals surface area contributed by atoms with Crippen molar-refractivity contribution in [3.05, 3.63) is 36.5 Å². The Morgan fingerprint density at radius 2 is 2.14 bits per heavy atom. The summed E-state index contributed by atoms with van der Waals surface area (Å²) in [4.78, 5) is 6.42. The van der Waals surface area contributed by atoms with Crippen molar-refractivity contribution in [1.29, 1.82) is 0 Å². The van der Waals surface area contributed by atoms with Crippen molar-refractivity contribution in [3.8, 4) is 28.1 Å². The average molecular weight is 400 g/mol. The molecule has 0 radical (unpaired) electrons. The standard InChI is InChI=1S/C20H24FN7O/c1-12(2)18-11-28(5-4-22-18)20-23-9-17(25-26-20)15-6-16(21)14(7-19(15)29)13-8-24-27(3)10-13/h6-10,12,18,22,29H,4-5,11H2,1-3H3/t18-/m1/s1/i3D3. The van der Waals surface area contributed by atoms with E-state index < -0.39 is 12.8 Å². The van der Waals surface area contributed by atoms with Gasteiger partial charge in [-0.1, -0.05) is 13.8 Å². The monoisotopic (exact) mass is 400 g/mol. The molecule has 3 aromatic rings. The Balaban J connectivity index is 1.58. The summed E-state index contributed by atoms with van der Waals surface area (Å²) < 4.78 is 37.7. The number of anilines is 1. The lowest BCUT2D eigenvalue weighted by Crippen LogP contribution is -2.53. The molecule has 2 N–H and O–H groups in total. The molecule has 2 aromatic heterocycles. The number of hydrogen-bond acceptors (Lipinski definition) is 7. The molecule has 152 valence electrons. The van der Waals surface area contributed by atoms with E-state index in [0.717, 1.165) is 30.4 Å². The maximum atomic E-state index is 14.8. The summed E-state index contributed by atoms with van der Waals surface area (Å²) in [6.45, 7) is 4.16. The lowest BCUT2D eigenvalue weighted by atomic mass is 10.0. The first kappa shape index (κ1) is 15.8. The highest BCUT2D eigenvalue weighted by Crippen LogP contribution is 2.34. The predicted octanol–water partition coefficient (Wildman–Crippen LogP) is 2.22. The Hall–Kier alpha value is -3.07. The normalized spacial score (nSPS) is 19.1. The van der Waals surface area contributed by atoms with Crippen LogP contribution in [0.2, 0.25) is 0 Å². The van der Waals surface area contributed by atoms with Gasteiger partial charge in [0, 0.05) is 59.7 Å². The topological polar surface area (TPSA) is 92.0 Å². The van der Waals surface area contributed by atoms with E-state index in [1.807, 2.05) is 4.90 Å². The van der Waals surface area contributed by atoms with Crippen molar-refractivity contribution in [3.63, 3.8) is 0 Å². The van der Waals surface area contributed by atoms with E-state index in [2.05, 4.69) is 39.4 Å². The van der Waals surface area contributed by atoms with E-state index in [9.17, 15) is 9.50 Å². The number of halogens is 1. The van der Waals surface area contributed by atoms with E-state index >= 15 is 0 Å². The summed E-state index contributed by atoms with van der Waals surface area (Å²) in [7, 11) is 0. The van der Waals surface area contributed by atoms with Gasteiger partial charge in [-0.2, -0.15) is 5.10 Å². The van der Waals surface area contributed by atoms with Gasteiger partial charge < -0.3 is 15.3 Å². The first-order valence-corrected chi connectivity index (χ1v) is 9.40. The molecule has 4 rings (SSSR count). The third-order valence-corrected chi connectivity index (χ3v) is 5.10. The minimum atomic E-state index is -2.47. The van der Waals surface area contributed by atoms with Gasteiger partial charge in [-0.25, -0.2) is 9.37 Å². The van der Waals surface area contributed by atoms with Crippen molar-refractivity contribution in [1.82, 2.24) is 30.3 Å². The van der Waals surface area contributed by atoms with Gasteiger partial charge in [0.2, 0.25) is 5.95 Å². The lowest BCUT2D eigenvalue weighted by Gasteiger charge is -2.35. The van der Waals surface area contributed by atoms with E-state index in [0.29, 0.717) is 17.9 Å². The molecular formula is C20H24FN7O. The summed E-state index contributed by atoms with van der Waals surface area (Å²) in [5, 5.41) is 26.0. The second-order valence-corrected chi connectivity index (χ2v) is 7.42. The predicted molar refractivity (Wildman–Crippen MR) is 108 cm³/mol. The zero-order valence-electron chi connectivity index (χ0n) is 19.2. The van der Waals surface area contributed by atoms with Gasteiger partial charge in [0.25, 0.3) is 0 Å². The Bertz CT molecular complexity index is 1100. The van der Waals surface area contributed by atoms with Crippen molar-refractivity contribution in [2.75, 3.05) is 24.5 Å². The van der Waals surface area contributed by atoms with E-state index in [4.69, 9.17) is 4.11 Å². The fourth-order valence-electron chi connectivity index (χ4n) is 3.39. The van der Waals surface area contributed by atoms with Gasteiger partial charge in [-0.05, 0) is 18.1 Å². The Morgan fingerprint density at radius 1 is 1.28 bits per heavy atom. The molecule has 1 saturated heterocycles. The smallest absolute Gasteiger partial charge is 0.245 e. The summed E-state index contributed by atoms with van der Waals surface area (Å²) >= 11 is 0. The molecule has 1 atom stereocenters. The fraction of sp³-hybridized carbons (Fsp3) is 0.400. The van der Waals surface area contributed by atoms with Crippen LogP contribution in [0.1, 0.15) is 18.0 Å².